The standard InChI is InChI=1S/C51H38/c1-5-17-44-41(8-4)40(7-3)34(6-2)33-49(44)38-20-15-21-39(32-38)51-47-25-13-11-23-45(47)50(46-24-12-14-26-48(46)51)37-30-28-36(29-31-37)43-27-16-19-35-18-9-10-22-42(35)43/h5-33H,2-4H2,1H3/b17-5-. The van der Waals surface area contributed by atoms with E-state index in [1.165, 1.54) is 65.7 Å². The van der Waals surface area contributed by atoms with Gasteiger partial charge >= 0.3 is 0 Å². The predicted molar refractivity (Wildman–Crippen MR) is 226 cm³/mol. The van der Waals surface area contributed by atoms with E-state index < -0.39 is 0 Å². The molecule has 0 aromatic heterocycles. The Morgan fingerprint density at radius 3 is 1.53 bits per heavy atom. The zero-order valence-corrected chi connectivity index (χ0v) is 28.9. The first-order valence-electron chi connectivity index (χ1n) is 17.5. The van der Waals surface area contributed by atoms with Crippen LogP contribution in [-0.4, -0.2) is 0 Å². The maximum atomic E-state index is 4.18. The molecule has 0 spiro atoms. The quantitative estimate of drug-likeness (QED) is 0.144. The van der Waals surface area contributed by atoms with Crippen LogP contribution in [-0.2, 0) is 0 Å². The molecule has 8 aromatic carbocycles. The van der Waals surface area contributed by atoms with Crippen molar-refractivity contribution >= 4 is 56.6 Å². The van der Waals surface area contributed by atoms with E-state index >= 15 is 0 Å². The predicted octanol–water partition coefficient (Wildman–Crippen LogP) is 14.8. The minimum absolute atomic E-state index is 1.04. The number of allylic oxidation sites excluding steroid dienone is 1. The van der Waals surface area contributed by atoms with Gasteiger partial charge in [0.25, 0.3) is 0 Å². The zero-order chi connectivity index (χ0) is 34.9. The molecule has 0 atom stereocenters. The summed E-state index contributed by atoms with van der Waals surface area (Å²) < 4.78 is 0. The van der Waals surface area contributed by atoms with E-state index in [-0.39, 0.29) is 0 Å². The Kier molecular flexibility index (Phi) is 8.36. The molecule has 0 N–H and O–H groups in total. The van der Waals surface area contributed by atoms with Gasteiger partial charge in [-0.25, -0.2) is 0 Å². The fourth-order valence-electron chi connectivity index (χ4n) is 7.84. The first kappa shape index (κ1) is 31.7. The topological polar surface area (TPSA) is 0 Å². The molecular formula is C51H38. The van der Waals surface area contributed by atoms with Crippen LogP contribution in [0.15, 0.2) is 171 Å². The normalized spacial score (nSPS) is 11.4. The molecule has 8 aromatic rings. The van der Waals surface area contributed by atoms with Gasteiger partial charge in [-0.2, -0.15) is 0 Å². The van der Waals surface area contributed by atoms with Crippen molar-refractivity contribution < 1.29 is 0 Å². The molecule has 0 saturated carbocycles. The molecule has 0 nitrogen and oxygen atoms in total. The monoisotopic (exact) mass is 650 g/mol. The fraction of sp³-hybridized carbons (Fsp3) is 0.0196. The van der Waals surface area contributed by atoms with E-state index in [2.05, 4.69) is 184 Å². The highest BCUT2D eigenvalue weighted by Crippen LogP contribution is 2.45. The first-order chi connectivity index (χ1) is 25.1. The Labute approximate surface area is 300 Å². The third-order valence-electron chi connectivity index (χ3n) is 10.1. The lowest BCUT2D eigenvalue weighted by Gasteiger charge is -2.19. The van der Waals surface area contributed by atoms with Gasteiger partial charge in [-0.1, -0.05) is 184 Å². The third-order valence-corrected chi connectivity index (χ3v) is 10.1. The van der Waals surface area contributed by atoms with Crippen LogP contribution in [0, 0.1) is 0 Å². The van der Waals surface area contributed by atoms with E-state index in [0.717, 1.165) is 33.4 Å². The summed E-state index contributed by atoms with van der Waals surface area (Å²) in [7, 11) is 0. The van der Waals surface area contributed by atoms with Gasteiger partial charge in [0.15, 0.2) is 0 Å². The smallest absolute Gasteiger partial charge is 0.00262 e. The summed E-state index contributed by atoms with van der Waals surface area (Å²) >= 11 is 0. The van der Waals surface area contributed by atoms with Crippen molar-refractivity contribution in [3.05, 3.63) is 194 Å². The SMILES string of the molecule is C=Cc1cc(-c2cccc(-c3c4ccccc4c(-c4ccc(-c5cccc6ccccc56)cc4)c4ccccc34)c2)c(/C=C\C)c(C=C)c1C=C. The van der Waals surface area contributed by atoms with Gasteiger partial charge in [-0.05, 0) is 118 Å². The maximum absolute atomic E-state index is 4.18. The summed E-state index contributed by atoms with van der Waals surface area (Å²) in [5.41, 5.74) is 13.9. The first-order valence-corrected chi connectivity index (χ1v) is 17.5. The Morgan fingerprint density at radius 1 is 0.392 bits per heavy atom. The van der Waals surface area contributed by atoms with Gasteiger partial charge in [0, 0.05) is 0 Å². The minimum atomic E-state index is 1.04. The van der Waals surface area contributed by atoms with Gasteiger partial charge < -0.3 is 0 Å². The maximum Gasteiger partial charge on any atom is -0.00262 e. The molecule has 0 heteroatoms. The van der Waals surface area contributed by atoms with Gasteiger partial charge in [0.05, 0.1) is 0 Å². The van der Waals surface area contributed by atoms with Crippen molar-refractivity contribution in [2.45, 2.75) is 6.92 Å². The van der Waals surface area contributed by atoms with Crippen LogP contribution in [0.25, 0.3) is 101 Å². The number of benzene rings is 8. The van der Waals surface area contributed by atoms with Gasteiger partial charge in [-0.3, -0.25) is 0 Å². The molecule has 242 valence electrons. The molecule has 0 heterocycles. The number of hydrogen-bond acceptors (Lipinski definition) is 0. The van der Waals surface area contributed by atoms with Crippen molar-refractivity contribution in [1.29, 1.82) is 0 Å². The lowest BCUT2D eigenvalue weighted by molar-refractivity contribution is 1.51. The highest BCUT2D eigenvalue weighted by atomic mass is 14.2. The molecular weight excluding hydrogens is 613 g/mol. The van der Waals surface area contributed by atoms with Crippen LogP contribution < -0.4 is 0 Å². The van der Waals surface area contributed by atoms with Gasteiger partial charge in [-0.15, -0.1) is 0 Å². The molecule has 8 rings (SSSR count). The van der Waals surface area contributed by atoms with Crippen LogP contribution in [0.5, 0.6) is 0 Å². The molecule has 0 unspecified atom stereocenters. The lowest BCUT2D eigenvalue weighted by atomic mass is 9.84. The second-order valence-electron chi connectivity index (χ2n) is 12.9. The highest BCUT2D eigenvalue weighted by Gasteiger charge is 2.19. The van der Waals surface area contributed by atoms with Crippen LogP contribution in [0.4, 0.5) is 0 Å². The van der Waals surface area contributed by atoms with E-state index in [4.69, 9.17) is 0 Å². The average Bonchev–Trinajstić information content (AvgIpc) is 3.19. The Bertz CT molecular complexity index is 2620. The summed E-state index contributed by atoms with van der Waals surface area (Å²) in [5.74, 6) is 0. The molecule has 0 aliphatic heterocycles. The minimum Gasteiger partial charge on any atom is -0.0984 e. The number of rotatable bonds is 8. The average molecular weight is 651 g/mol. The third kappa shape index (κ3) is 5.43. The van der Waals surface area contributed by atoms with Gasteiger partial charge in [0.1, 0.15) is 0 Å². The Hall–Kier alpha value is -6.50. The largest absolute Gasteiger partial charge is 0.0984 e. The highest BCUT2D eigenvalue weighted by molar-refractivity contribution is 6.21. The summed E-state index contributed by atoms with van der Waals surface area (Å²) in [4.78, 5) is 0. The zero-order valence-electron chi connectivity index (χ0n) is 28.9. The molecule has 0 radical (unpaired) electrons. The molecule has 0 aliphatic rings. The summed E-state index contributed by atoms with van der Waals surface area (Å²) in [6.07, 6.45) is 10.00. The van der Waals surface area contributed by atoms with E-state index in [9.17, 15) is 0 Å². The van der Waals surface area contributed by atoms with Crippen molar-refractivity contribution in [1.82, 2.24) is 0 Å². The molecule has 51 heavy (non-hydrogen) atoms. The molecule has 0 amide bonds. The Balaban J connectivity index is 1.33. The molecule has 0 saturated heterocycles. The number of fused-ring (bicyclic) bond motifs is 3. The lowest BCUT2D eigenvalue weighted by Crippen LogP contribution is -1.96. The van der Waals surface area contributed by atoms with Crippen LogP contribution in [0.3, 0.4) is 0 Å². The second-order valence-corrected chi connectivity index (χ2v) is 12.9. The molecule has 0 bridgehead atoms. The summed E-state index contributed by atoms with van der Waals surface area (Å²) in [5, 5.41) is 7.46. The van der Waals surface area contributed by atoms with Crippen molar-refractivity contribution in [3.63, 3.8) is 0 Å². The molecule has 0 aliphatic carbocycles. The van der Waals surface area contributed by atoms with Crippen molar-refractivity contribution in [3.8, 4) is 44.5 Å². The summed E-state index contributed by atoms with van der Waals surface area (Å²) in [6, 6.07) is 53.2. The van der Waals surface area contributed by atoms with Crippen LogP contribution in [0.1, 0.15) is 29.2 Å². The van der Waals surface area contributed by atoms with Crippen LogP contribution in [0.2, 0.25) is 0 Å². The Morgan fingerprint density at radius 2 is 0.922 bits per heavy atom. The van der Waals surface area contributed by atoms with Crippen molar-refractivity contribution in [2.75, 3.05) is 0 Å². The van der Waals surface area contributed by atoms with E-state index in [1.54, 1.807) is 0 Å². The van der Waals surface area contributed by atoms with Gasteiger partial charge in [0.2, 0.25) is 0 Å². The fourth-order valence-corrected chi connectivity index (χ4v) is 7.84. The molecule has 0 fully saturated rings. The van der Waals surface area contributed by atoms with Crippen LogP contribution >= 0.6 is 0 Å². The van der Waals surface area contributed by atoms with E-state index in [1.807, 2.05) is 18.2 Å². The van der Waals surface area contributed by atoms with Crippen molar-refractivity contribution in [2.24, 2.45) is 0 Å². The number of hydrogen-bond donors (Lipinski definition) is 0. The summed E-state index contributed by atoms with van der Waals surface area (Å²) in [6.45, 7) is 14.5. The van der Waals surface area contributed by atoms with E-state index in [0.29, 0.717) is 0 Å². The second kappa shape index (κ2) is 13.4.